The third-order valence-corrected chi connectivity index (χ3v) is 4.51. The average molecular weight is 285 g/mol. The number of benzene rings is 1. The van der Waals surface area contributed by atoms with Gasteiger partial charge in [-0.05, 0) is 37.0 Å². The molecule has 0 bridgehead atoms. The zero-order valence-corrected chi connectivity index (χ0v) is 12.7. The third-order valence-electron chi connectivity index (χ3n) is 4.51. The molecule has 0 radical (unpaired) electrons. The number of hydrogen-bond donors (Lipinski definition) is 2. The Morgan fingerprint density at radius 2 is 2.05 bits per heavy atom. The first-order chi connectivity index (χ1) is 10.2. The molecule has 1 aliphatic carbocycles. The molecule has 3 rings (SSSR count). The van der Waals surface area contributed by atoms with Crippen molar-refractivity contribution in [1.82, 2.24) is 10.2 Å². The number of anilines is 1. The van der Waals surface area contributed by atoms with E-state index >= 15 is 0 Å². The van der Waals surface area contributed by atoms with E-state index in [0.717, 1.165) is 16.9 Å². The van der Waals surface area contributed by atoms with Crippen molar-refractivity contribution < 1.29 is 4.74 Å². The molecule has 0 aliphatic heterocycles. The van der Waals surface area contributed by atoms with Crippen LogP contribution in [0, 0.1) is 5.92 Å². The SMILES string of the molecule is CCOc1ccc(-c2c(N)n[nH]c2C2CCCC2C)cc1. The number of nitrogens with two attached hydrogens (primary N) is 1. The second kappa shape index (κ2) is 5.80. The van der Waals surface area contributed by atoms with Crippen LogP contribution in [-0.2, 0) is 0 Å². The van der Waals surface area contributed by atoms with Crippen molar-refractivity contribution in [2.24, 2.45) is 5.92 Å². The van der Waals surface area contributed by atoms with Gasteiger partial charge in [-0.3, -0.25) is 5.10 Å². The van der Waals surface area contributed by atoms with E-state index in [2.05, 4.69) is 29.3 Å². The van der Waals surface area contributed by atoms with Crippen LogP contribution in [-0.4, -0.2) is 16.8 Å². The minimum atomic E-state index is 0.538. The summed E-state index contributed by atoms with van der Waals surface area (Å²) in [6.45, 7) is 4.98. The zero-order valence-electron chi connectivity index (χ0n) is 12.7. The van der Waals surface area contributed by atoms with Gasteiger partial charge in [-0.2, -0.15) is 5.10 Å². The summed E-state index contributed by atoms with van der Waals surface area (Å²) in [6, 6.07) is 8.12. The number of aromatic amines is 1. The Kier molecular flexibility index (Phi) is 3.86. The van der Waals surface area contributed by atoms with Crippen molar-refractivity contribution >= 4 is 5.82 Å². The van der Waals surface area contributed by atoms with E-state index < -0.39 is 0 Å². The van der Waals surface area contributed by atoms with Crippen LogP contribution in [0.4, 0.5) is 5.82 Å². The predicted octanol–water partition coefficient (Wildman–Crippen LogP) is 3.96. The highest BCUT2D eigenvalue weighted by Gasteiger charge is 2.29. The van der Waals surface area contributed by atoms with Crippen LogP contribution in [0.5, 0.6) is 5.75 Å². The number of rotatable bonds is 4. The lowest BCUT2D eigenvalue weighted by Crippen LogP contribution is -2.04. The summed E-state index contributed by atoms with van der Waals surface area (Å²) in [5.74, 6) is 2.70. The Balaban J connectivity index is 1.96. The molecule has 0 amide bonds. The molecule has 1 aromatic heterocycles. The van der Waals surface area contributed by atoms with Crippen molar-refractivity contribution in [3.63, 3.8) is 0 Å². The van der Waals surface area contributed by atoms with Crippen molar-refractivity contribution in [2.45, 2.75) is 39.0 Å². The number of nitrogen functional groups attached to an aromatic ring is 1. The number of aromatic nitrogens is 2. The van der Waals surface area contributed by atoms with E-state index in [4.69, 9.17) is 10.5 Å². The van der Waals surface area contributed by atoms with Gasteiger partial charge in [0, 0.05) is 17.2 Å². The lowest BCUT2D eigenvalue weighted by molar-refractivity contribution is 0.340. The van der Waals surface area contributed by atoms with E-state index in [1.54, 1.807) is 0 Å². The van der Waals surface area contributed by atoms with Gasteiger partial charge in [-0.25, -0.2) is 0 Å². The summed E-state index contributed by atoms with van der Waals surface area (Å²) in [5, 5.41) is 7.43. The first-order valence-electron chi connectivity index (χ1n) is 7.77. The zero-order chi connectivity index (χ0) is 14.8. The van der Waals surface area contributed by atoms with Gasteiger partial charge < -0.3 is 10.5 Å². The minimum Gasteiger partial charge on any atom is -0.494 e. The van der Waals surface area contributed by atoms with Crippen LogP contribution >= 0.6 is 0 Å². The third kappa shape index (κ3) is 2.62. The lowest BCUT2D eigenvalue weighted by atomic mass is 9.90. The maximum atomic E-state index is 6.11. The molecule has 2 unspecified atom stereocenters. The van der Waals surface area contributed by atoms with Crippen LogP contribution in [0.3, 0.4) is 0 Å². The number of hydrogen-bond acceptors (Lipinski definition) is 3. The molecule has 112 valence electrons. The maximum Gasteiger partial charge on any atom is 0.153 e. The van der Waals surface area contributed by atoms with Gasteiger partial charge in [-0.1, -0.05) is 31.9 Å². The van der Waals surface area contributed by atoms with Gasteiger partial charge in [0.15, 0.2) is 5.82 Å². The van der Waals surface area contributed by atoms with Crippen molar-refractivity contribution in [3.05, 3.63) is 30.0 Å². The molecule has 3 N–H and O–H groups in total. The molecule has 4 heteroatoms. The fraction of sp³-hybridized carbons (Fsp3) is 0.471. The summed E-state index contributed by atoms with van der Waals surface area (Å²) >= 11 is 0. The van der Waals surface area contributed by atoms with Crippen LogP contribution in [0.15, 0.2) is 24.3 Å². The molecule has 1 heterocycles. The summed E-state index contributed by atoms with van der Waals surface area (Å²) in [5.41, 5.74) is 9.48. The fourth-order valence-electron chi connectivity index (χ4n) is 3.40. The second-order valence-electron chi connectivity index (χ2n) is 5.87. The Bertz CT molecular complexity index is 603. The van der Waals surface area contributed by atoms with Gasteiger partial charge in [0.05, 0.1) is 6.61 Å². The molecule has 0 saturated heterocycles. The van der Waals surface area contributed by atoms with Gasteiger partial charge in [0.1, 0.15) is 5.75 Å². The molecule has 0 spiro atoms. The van der Waals surface area contributed by atoms with Crippen LogP contribution in [0.25, 0.3) is 11.1 Å². The number of H-pyrrole nitrogens is 1. The van der Waals surface area contributed by atoms with Crippen LogP contribution in [0.2, 0.25) is 0 Å². The van der Waals surface area contributed by atoms with Gasteiger partial charge in [-0.15, -0.1) is 0 Å². The number of ether oxygens (including phenoxy) is 1. The lowest BCUT2D eigenvalue weighted by Gasteiger charge is -2.16. The number of nitrogens with one attached hydrogen (secondary N) is 1. The normalized spacial score (nSPS) is 21.6. The Labute approximate surface area is 125 Å². The van der Waals surface area contributed by atoms with Crippen molar-refractivity contribution in [3.8, 4) is 16.9 Å². The van der Waals surface area contributed by atoms with Crippen molar-refractivity contribution in [1.29, 1.82) is 0 Å². The second-order valence-corrected chi connectivity index (χ2v) is 5.87. The minimum absolute atomic E-state index is 0.538. The molecule has 4 nitrogen and oxygen atoms in total. The van der Waals surface area contributed by atoms with E-state index in [1.165, 1.54) is 25.0 Å². The Morgan fingerprint density at radius 3 is 2.67 bits per heavy atom. The Morgan fingerprint density at radius 1 is 1.29 bits per heavy atom. The van der Waals surface area contributed by atoms with Crippen molar-refractivity contribution in [2.75, 3.05) is 12.3 Å². The first-order valence-corrected chi connectivity index (χ1v) is 7.77. The number of nitrogens with zero attached hydrogens (tertiary/aromatic N) is 1. The monoisotopic (exact) mass is 285 g/mol. The fourth-order valence-corrected chi connectivity index (χ4v) is 3.40. The van der Waals surface area contributed by atoms with E-state index in [9.17, 15) is 0 Å². The topological polar surface area (TPSA) is 63.9 Å². The molecule has 21 heavy (non-hydrogen) atoms. The molecular weight excluding hydrogens is 262 g/mol. The average Bonchev–Trinajstić information content (AvgIpc) is 3.06. The summed E-state index contributed by atoms with van der Waals surface area (Å²) in [7, 11) is 0. The molecular formula is C17H23N3O. The molecule has 1 saturated carbocycles. The molecule has 1 fully saturated rings. The molecule has 1 aromatic carbocycles. The highest BCUT2D eigenvalue weighted by molar-refractivity contribution is 5.77. The highest BCUT2D eigenvalue weighted by Crippen LogP contribution is 2.43. The Hall–Kier alpha value is -1.97. The largest absolute Gasteiger partial charge is 0.494 e. The first kappa shape index (κ1) is 14.0. The smallest absolute Gasteiger partial charge is 0.153 e. The summed E-state index contributed by atoms with van der Waals surface area (Å²) in [6.07, 6.45) is 3.78. The van der Waals surface area contributed by atoms with Gasteiger partial charge in [0.2, 0.25) is 0 Å². The maximum absolute atomic E-state index is 6.11. The van der Waals surface area contributed by atoms with Crippen LogP contribution in [0.1, 0.15) is 44.7 Å². The van der Waals surface area contributed by atoms with E-state index in [1.807, 2.05) is 19.1 Å². The van der Waals surface area contributed by atoms with Gasteiger partial charge in [0.25, 0.3) is 0 Å². The summed E-state index contributed by atoms with van der Waals surface area (Å²) < 4.78 is 5.50. The van der Waals surface area contributed by atoms with Gasteiger partial charge >= 0.3 is 0 Å². The molecule has 2 aromatic rings. The molecule has 1 aliphatic rings. The summed E-state index contributed by atoms with van der Waals surface area (Å²) in [4.78, 5) is 0. The highest BCUT2D eigenvalue weighted by atomic mass is 16.5. The van der Waals surface area contributed by atoms with E-state index in [-0.39, 0.29) is 0 Å². The van der Waals surface area contributed by atoms with Crippen LogP contribution < -0.4 is 10.5 Å². The molecule has 2 atom stereocenters. The quantitative estimate of drug-likeness (QED) is 0.893. The van der Waals surface area contributed by atoms with E-state index in [0.29, 0.717) is 24.3 Å². The predicted molar refractivity (Wildman–Crippen MR) is 85.4 cm³/mol. The standard InChI is InChI=1S/C17H23N3O/c1-3-21-13-9-7-12(8-10-13)15-16(19-20-17(15)18)14-6-4-5-11(14)2/h7-11,14H,3-6H2,1-2H3,(H3,18,19,20).